The monoisotopic (exact) mass is 299 g/mol. The highest BCUT2D eigenvalue weighted by Gasteiger charge is 2.19. The van der Waals surface area contributed by atoms with Crippen LogP contribution >= 0.6 is 0 Å². The first-order valence-corrected chi connectivity index (χ1v) is 7.17. The van der Waals surface area contributed by atoms with Crippen molar-refractivity contribution in [3.8, 4) is 11.5 Å². The highest BCUT2D eigenvalue weighted by molar-refractivity contribution is 5.58. The summed E-state index contributed by atoms with van der Waals surface area (Å²) in [6.07, 6.45) is 0.964. The zero-order valence-electron chi connectivity index (χ0n) is 13.1. The molecule has 0 saturated carbocycles. The first-order chi connectivity index (χ1) is 10.7. The smallest absolute Gasteiger partial charge is 0.125 e. The van der Waals surface area contributed by atoms with E-state index in [9.17, 15) is 4.79 Å². The average molecular weight is 299 g/mol. The van der Waals surface area contributed by atoms with Crippen LogP contribution in [0, 0.1) is 5.92 Å². The van der Waals surface area contributed by atoms with Crippen LogP contribution in [0.2, 0.25) is 0 Å². The molecule has 0 aromatic heterocycles. The van der Waals surface area contributed by atoms with Crippen molar-refractivity contribution in [1.82, 2.24) is 0 Å². The molecule has 2 atom stereocenters. The van der Waals surface area contributed by atoms with E-state index in [1.54, 1.807) is 14.2 Å². The van der Waals surface area contributed by atoms with Crippen molar-refractivity contribution in [2.75, 3.05) is 19.5 Å². The SMILES string of the molecule is COc1ccc(N[C@H](c2ccc(OC)cc2)[C@H](C)C=O)cc1. The molecule has 1 N–H and O–H groups in total. The van der Waals surface area contributed by atoms with Gasteiger partial charge in [0.25, 0.3) is 0 Å². The van der Waals surface area contributed by atoms with Gasteiger partial charge in [0.15, 0.2) is 0 Å². The number of hydrogen-bond acceptors (Lipinski definition) is 4. The van der Waals surface area contributed by atoms with Crippen LogP contribution in [-0.4, -0.2) is 20.5 Å². The fourth-order valence-corrected chi connectivity index (χ4v) is 2.27. The van der Waals surface area contributed by atoms with Gasteiger partial charge in [0.05, 0.1) is 20.3 Å². The van der Waals surface area contributed by atoms with Gasteiger partial charge in [0.2, 0.25) is 0 Å². The fourth-order valence-electron chi connectivity index (χ4n) is 2.27. The summed E-state index contributed by atoms with van der Waals surface area (Å²) in [5, 5.41) is 3.41. The maximum Gasteiger partial charge on any atom is 0.125 e. The lowest BCUT2D eigenvalue weighted by Gasteiger charge is -2.23. The number of methoxy groups -OCH3 is 2. The molecule has 0 aliphatic rings. The van der Waals surface area contributed by atoms with Gasteiger partial charge < -0.3 is 19.6 Å². The Labute approximate surface area is 131 Å². The Morgan fingerprint density at radius 2 is 1.41 bits per heavy atom. The minimum atomic E-state index is -0.157. The maximum absolute atomic E-state index is 11.2. The summed E-state index contributed by atoms with van der Waals surface area (Å²) in [4.78, 5) is 11.2. The number of aldehydes is 1. The minimum absolute atomic E-state index is 0.100. The maximum atomic E-state index is 11.2. The van der Waals surface area contributed by atoms with E-state index in [1.807, 2.05) is 55.5 Å². The van der Waals surface area contributed by atoms with E-state index >= 15 is 0 Å². The van der Waals surface area contributed by atoms with Crippen molar-refractivity contribution in [3.05, 3.63) is 54.1 Å². The molecule has 0 aliphatic carbocycles. The fraction of sp³-hybridized carbons (Fsp3) is 0.278. The second-order valence-corrected chi connectivity index (χ2v) is 5.12. The van der Waals surface area contributed by atoms with Crippen molar-refractivity contribution >= 4 is 12.0 Å². The molecule has 0 fully saturated rings. The summed E-state index contributed by atoms with van der Waals surface area (Å²) in [5.41, 5.74) is 1.98. The van der Waals surface area contributed by atoms with Gasteiger partial charge in [-0.1, -0.05) is 19.1 Å². The molecule has 22 heavy (non-hydrogen) atoms. The zero-order valence-corrected chi connectivity index (χ0v) is 13.1. The molecular formula is C18H21NO3. The number of benzene rings is 2. The van der Waals surface area contributed by atoms with Crippen LogP contribution in [0.1, 0.15) is 18.5 Å². The second-order valence-electron chi connectivity index (χ2n) is 5.12. The first-order valence-electron chi connectivity index (χ1n) is 7.17. The highest BCUT2D eigenvalue weighted by atomic mass is 16.5. The van der Waals surface area contributed by atoms with E-state index in [4.69, 9.17) is 9.47 Å². The largest absolute Gasteiger partial charge is 0.497 e. The highest BCUT2D eigenvalue weighted by Crippen LogP contribution is 2.28. The Hall–Kier alpha value is -2.49. The van der Waals surface area contributed by atoms with Crippen molar-refractivity contribution in [3.63, 3.8) is 0 Å². The predicted molar refractivity (Wildman–Crippen MR) is 87.6 cm³/mol. The van der Waals surface area contributed by atoms with Gasteiger partial charge in [0, 0.05) is 11.6 Å². The van der Waals surface area contributed by atoms with Crippen LogP contribution in [0.4, 0.5) is 5.69 Å². The third kappa shape index (κ3) is 3.79. The van der Waals surface area contributed by atoms with Crippen LogP contribution in [0.5, 0.6) is 11.5 Å². The van der Waals surface area contributed by atoms with Gasteiger partial charge in [-0.25, -0.2) is 0 Å². The van der Waals surface area contributed by atoms with E-state index in [0.717, 1.165) is 29.0 Å². The Kier molecular flexibility index (Phi) is 5.42. The summed E-state index contributed by atoms with van der Waals surface area (Å²) < 4.78 is 10.3. The lowest BCUT2D eigenvalue weighted by atomic mass is 9.95. The number of nitrogens with one attached hydrogen (secondary N) is 1. The molecular weight excluding hydrogens is 278 g/mol. The van der Waals surface area contributed by atoms with Crippen LogP contribution < -0.4 is 14.8 Å². The molecule has 0 saturated heterocycles. The standard InChI is InChI=1S/C18H21NO3/c1-13(12-20)18(14-4-8-16(21-2)9-5-14)19-15-6-10-17(22-3)11-7-15/h4-13,18-19H,1-3H3/t13-,18+/m1/s1. The van der Waals surface area contributed by atoms with E-state index in [0.29, 0.717) is 0 Å². The molecule has 2 aromatic carbocycles. The van der Waals surface area contributed by atoms with E-state index < -0.39 is 0 Å². The zero-order chi connectivity index (χ0) is 15.9. The number of carbonyl (C=O) groups is 1. The van der Waals surface area contributed by atoms with E-state index in [-0.39, 0.29) is 12.0 Å². The molecule has 116 valence electrons. The molecule has 0 heterocycles. The van der Waals surface area contributed by atoms with Crippen molar-refractivity contribution in [2.24, 2.45) is 5.92 Å². The summed E-state index contributed by atoms with van der Waals surface area (Å²) in [6, 6.07) is 15.3. The second kappa shape index (κ2) is 7.50. The molecule has 0 radical (unpaired) electrons. The number of anilines is 1. The Morgan fingerprint density at radius 1 is 0.909 bits per heavy atom. The number of rotatable bonds is 7. The first kappa shape index (κ1) is 15.9. The molecule has 0 aliphatic heterocycles. The Balaban J connectivity index is 2.22. The summed E-state index contributed by atoms with van der Waals surface area (Å²) in [6.45, 7) is 1.90. The lowest BCUT2D eigenvalue weighted by Crippen LogP contribution is -2.19. The van der Waals surface area contributed by atoms with Gasteiger partial charge >= 0.3 is 0 Å². The number of carbonyl (C=O) groups excluding carboxylic acids is 1. The topological polar surface area (TPSA) is 47.6 Å². The molecule has 4 nitrogen and oxygen atoms in total. The van der Waals surface area contributed by atoms with E-state index in [2.05, 4.69) is 5.32 Å². The number of hydrogen-bond donors (Lipinski definition) is 1. The van der Waals surface area contributed by atoms with Gasteiger partial charge in [-0.05, 0) is 42.0 Å². The molecule has 0 spiro atoms. The molecule has 0 amide bonds. The lowest BCUT2D eigenvalue weighted by molar-refractivity contribution is -0.111. The number of ether oxygens (including phenoxy) is 2. The predicted octanol–water partition coefficient (Wildman–Crippen LogP) is 3.69. The van der Waals surface area contributed by atoms with Gasteiger partial charge in [-0.2, -0.15) is 0 Å². The van der Waals surface area contributed by atoms with Crippen molar-refractivity contribution in [2.45, 2.75) is 13.0 Å². The quantitative estimate of drug-likeness (QED) is 0.792. The van der Waals surface area contributed by atoms with E-state index in [1.165, 1.54) is 0 Å². The normalized spacial score (nSPS) is 13.0. The van der Waals surface area contributed by atoms with Crippen LogP contribution in [0.25, 0.3) is 0 Å². The minimum Gasteiger partial charge on any atom is -0.497 e. The molecule has 4 heteroatoms. The third-order valence-corrected chi connectivity index (χ3v) is 3.63. The van der Waals surface area contributed by atoms with Crippen molar-refractivity contribution in [1.29, 1.82) is 0 Å². The van der Waals surface area contributed by atoms with Crippen LogP contribution in [0.15, 0.2) is 48.5 Å². The average Bonchev–Trinajstić information content (AvgIpc) is 2.59. The molecule has 0 bridgehead atoms. The Bertz CT molecular complexity index is 593. The third-order valence-electron chi connectivity index (χ3n) is 3.63. The van der Waals surface area contributed by atoms with Crippen LogP contribution in [-0.2, 0) is 4.79 Å². The van der Waals surface area contributed by atoms with Gasteiger partial charge in [-0.3, -0.25) is 0 Å². The van der Waals surface area contributed by atoms with Gasteiger partial charge in [-0.15, -0.1) is 0 Å². The van der Waals surface area contributed by atoms with Crippen molar-refractivity contribution < 1.29 is 14.3 Å². The summed E-state index contributed by atoms with van der Waals surface area (Å²) in [7, 11) is 3.27. The van der Waals surface area contributed by atoms with Gasteiger partial charge in [0.1, 0.15) is 17.8 Å². The van der Waals surface area contributed by atoms with Crippen LogP contribution in [0.3, 0.4) is 0 Å². The summed E-state index contributed by atoms with van der Waals surface area (Å²) >= 11 is 0. The summed E-state index contributed by atoms with van der Waals surface area (Å²) in [5.74, 6) is 1.44. The molecule has 2 aromatic rings. The Morgan fingerprint density at radius 3 is 1.86 bits per heavy atom. The molecule has 2 rings (SSSR count). The molecule has 0 unspecified atom stereocenters.